The summed E-state index contributed by atoms with van der Waals surface area (Å²) in [7, 11) is 0. The molecule has 0 saturated heterocycles. The summed E-state index contributed by atoms with van der Waals surface area (Å²) < 4.78 is 11.9. The Morgan fingerprint density at radius 2 is 1.65 bits per heavy atom. The molecule has 0 bridgehead atoms. The first-order valence-electron chi connectivity index (χ1n) is 11.8. The van der Waals surface area contributed by atoms with Crippen molar-refractivity contribution < 1.29 is 13.9 Å². The summed E-state index contributed by atoms with van der Waals surface area (Å²) in [6, 6.07) is 21.9. The number of carbonyl (C=O) groups excluding carboxylic acids is 1. The van der Waals surface area contributed by atoms with Gasteiger partial charge in [-0.25, -0.2) is 0 Å². The average molecular weight is 454 g/mol. The van der Waals surface area contributed by atoms with Crippen molar-refractivity contribution in [2.24, 2.45) is 0 Å². The van der Waals surface area contributed by atoms with Crippen molar-refractivity contribution in [3.05, 3.63) is 105 Å². The Hall–Kier alpha value is -3.86. The van der Waals surface area contributed by atoms with E-state index in [-0.39, 0.29) is 17.1 Å². The number of amides is 1. The van der Waals surface area contributed by atoms with Crippen molar-refractivity contribution in [1.82, 2.24) is 0 Å². The Kier molecular flexibility index (Phi) is 5.93. The highest BCUT2D eigenvalue weighted by Crippen LogP contribution is 2.41. The van der Waals surface area contributed by atoms with E-state index in [1.807, 2.05) is 55.5 Å². The number of rotatable bonds is 7. The molecular formula is C29H27NO4. The number of carbonyl (C=O) groups is 1. The number of para-hydroxylation sites is 1. The minimum Gasteiger partial charge on any atom is -0.494 e. The van der Waals surface area contributed by atoms with E-state index in [2.05, 4.69) is 6.92 Å². The minimum atomic E-state index is -0.583. The molecule has 3 aromatic carbocycles. The van der Waals surface area contributed by atoms with Gasteiger partial charge in [-0.1, -0.05) is 61.7 Å². The van der Waals surface area contributed by atoms with Crippen LogP contribution in [0.4, 0.5) is 5.69 Å². The molecule has 34 heavy (non-hydrogen) atoms. The monoisotopic (exact) mass is 453 g/mol. The Labute approximate surface area is 198 Å². The molecular weight excluding hydrogens is 426 g/mol. The van der Waals surface area contributed by atoms with E-state index in [0.29, 0.717) is 23.1 Å². The van der Waals surface area contributed by atoms with Crippen LogP contribution in [0.15, 0.2) is 82.0 Å². The van der Waals surface area contributed by atoms with Crippen LogP contribution in [0.2, 0.25) is 0 Å². The molecule has 5 nitrogen and oxygen atoms in total. The highest BCUT2D eigenvalue weighted by Gasteiger charge is 2.43. The van der Waals surface area contributed by atoms with Gasteiger partial charge in [0.25, 0.3) is 5.91 Å². The third-order valence-electron chi connectivity index (χ3n) is 6.30. The zero-order valence-corrected chi connectivity index (χ0v) is 19.4. The summed E-state index contributed by atoms with van der Waals surface area (Å²) >= 11 is 0. The lowest BCUT2D eigenvalue weighted by Gasteiger charge is -2.25. The van der Waals surface area contributed by atoms with Crippen LogP contribution in [0.1, 0.15) is 59.5 Å². The molecule has 0 radical (unpaired) electrons. The minimum absolute atomic E-state index is 0.106. The van der Waals surface area contributed by atoms with E-state index in [0.717, 1.165) is 41.8 Å². The van der Waals surface area contributed by atoms with Gasteiger partial charge in [0.2, 0.25) is 5.76 Å². The fourth-order valence-corrected chi connectivity index (χ4v) is 4.50. The van der Waals surface area contributed by atoms with E-state index in [1.54, 1.807) is 29.2 Å². The molecule has 0 aliphatic carbocycles. The maximum Gasteiger partial charge on any atom is 0.295 e. The fourth-order valence-electron chi connectivity index (χ4n) is 4.50. The van der Waals surface area contributed by atoms with Gasteiger partial charge in [0.1, 0.15) is 11.3 Å². The van der Waals surface area contributed by atoms with Crippen LogP contribution in [0.5, 0.6) is 5.75 Å². The van der Waals surface area contributed by atoms with Gasteiger partial charge in [-0.05, 0) is 55.3 Å². The van der Waals surface area contributed by atoms with Gasteiger partial charge in [0, 0.05) is 5.69 Å². The molecule has 1 aromatic heterocycles. The third kappa shape index (κ3) is 3.87. The van der Waals surface area contributed by atoms with Crippen LogP contribution in [-0.4, -0.2) is 12.5 Å². The maximum atomic E-state index is 13.6. The van der Waals surface area contributed by atoms with Crippen LogP contribution in [0.3, 0.4) is 0 Å². The van der Waals surface area contributed by atoms with E-state index in [4.69, 9.17) is 9.15 Å². The van der Waals surface area contributed by atoms with Crippen LogP contribution < -0.4 is 15.1 Å². The molecule has 0 spiro atoms. The van der Waals surface area contributed by atoms with Crippen molar-refractivity contribution in [1.29, 1.82) is 0 Å². The van der Waals surface area contributed by atoms with Gasteiger partial charge in [-0.3, -0.25) is 14.5 Å². The largest absolute Gasteiger partial charge is 0.494 e. The molecule has 0 fully saturated rings. The van der Waals surface area contributed by atoms with Gasteiger partial charge in [0.15, 0.2) is 5.43 Å². The lowest BCUT2D eigenvalue weighted by molar-refractivity contribution is 0.0971. The van der Waals surface area contributed by atoms with Crippen molar-refractivity contribution in [3.63, 3.8) is 0 Å². The molecule has 172 valence electrons. The van der Waals surface area contributed by atoms with E-state index in [1.165, 1.54) is 0 Å². The van der Waals surface area contributed by atoms with E-state index in [9.17, 15) is 9.59 Å². The molecule has 0 saturated carbocycles. The Morgan fingerprint density at radius 3 is 2.38 bits per heavy atom. The number of anilines is 1. The number of hydrogen-bond acceptors (Lipinski definition) is 4. The number of fused-ring (bicyclic) bond motifs is 2. The lowest BCUT2D eigenvalue weighted by atomic mass is 9.98. The second-order valence-corrected chi connectivity index (χ2v) is 8.71. The lowest BCUT2D eigenvalue weighted by Crippen LogP contribution is -2.29. The fraction of sp³-hybridized carbons (Fsp3) is 0.241. The van der Waals surface area contributed by atoms with Gasteiger partial charge in [-0.15, -0.1) is 0 Å². The molecule has 2 heterocycles. The molecule has 5 heteroatoms. The quantitative estimate of drug-likeness (QED) is 0.303. The molecule has 1 amide bonds. The second kappa shape index (κ2) is 9.18. The molecule has 1 aliphatic rings. The first-order valence-corrected chi connectivity index (χ1v) is 11.8. The summed E-state index contributed by atoms with van der Waals surface area (Å²) in [5.41, 5.74) is 3.26. The Morgan fingerprint density at radius 1 is 0.912 bits per heavy atom. The maximum absolute atomic E-state index is 13.6. The van der Waals surface area contributed by atoms with Crippen LogP contribution in [0.25, 0.3) is 11.0 Å². The first-order chi connectivity index (χ1) is 16.6. The van der Waals surface area contributed by atoms with Gasteiger partial charge < -0.3 is 9.15 Å². The van der Waals surface area contributed by atoms with Crippen molar-refractivity contribution >= 4 is 22.6 Å². The zero-order chi connectivity index (χ0) is 23.7. The molecule has 1 atom stereocenters. The Balaban J connectivity index is 1.61. The average Bonchev–Trinajstić information content (AvgIpc) is 3.15. The number of benzene rings is 3. The number of unbranched alkanes of at least 4 members (excludes halogenated alkanes) is 2. The molecule has 5 rings (SSSR count). The normalized spacial score (nSPS) is 15.1. The molecule has 1 aliphatic heterocycles. The van der Waals surface area contributed by atoms with Crippen molar-refractivity contribution in [2.75, 3.05) is 11.5 Å². The predicted molar refractivity (Wildman–Crippen MR) is 134 cm³/mol. The Bertz CT molecular complexity index is 1390. The van der Waals surface area contributed by atoms with E-state index < -0.39 is 6.04 Å². The summed E-state index contributed by atoms with van der Waals surface area (Å²) in [6.45, 7) is 4.83. The highest BCUT2D eigenvalue weighted by atomic mass is 16.5. The zero-order valence-electron chi connectivity index (χ0n) is 19.4. The van der Waals surface area contributed by atoms with Crippen LogP contribution >= 0.6 is 0 Å². The second-order valence-electron chi connectivity index (χ2n) is 8.71. The van der Waals surface area contributed by atoms with Crippen molar-refractivity contribution in [3.8, 4) is 5.75 Å². The molecule has 4 aromatic rings. The highest BCUT2D eigenvalue weighted by molar-refractivity contribution is 6.10. The number of ether oxygens (including phenoxy) is 1. The summed E-state index contributed by atoms with van der Waals surface area (Å²) in [4.78, 5) is 28.8. The SMILES string of the molecule is CCCCCOc1ccc(C2c3c(oc4ccccc4c3=O)C(=O)N2c2ccc(C)cc2)cc1. The number of nitrogens with zero attached hydrogens (tertiary/aromatic N) is 1. The summed E-state index contributed by atoms with van der Waals surface area (Å²) in [6.07, 6.45) is 3.29. The van der Waals surface area contributed by atoms with Gasteiger partial charge in [-0.2, -0.15) is 0 Å². The van der Waals surface area contributed by atoms with Crippen LogP contribution in [0, 0.1) is 6.92 Å². The predicted octanol–water partition coefficient (Wildman–Crippen LogP) is 6.42. The topological polar surface area (TPSA) is 59.8 Å². The summed E-state index contributed by atoms with van der Waals surface area (Å²) in [5, 5.41) is 0.473. The smallest absolute Gasteiger partial charge is 0.295 e. The van der Waals surface area contributed by atoms with Gasteiger partial charge in [0.05, 0.1) is 23.6 Å². The van der Waals surface area contributed by atoms with E-state index >= 15 is 0 Å². The van der Waals surface area contributed by atoms with Crippen LogP contribution in [-0.2, 0) is 0 Å². The molecule has 0 N–H and O–H groups in total. The van der Waals surface area contributed by atoms with Crippen molar-refractivity contribution in [2.45, 2.75) is 39.2 Å². The first kappa shape index (κ1) is 22.0. The standard InChI is InChI=1S/C29H27NO4/c1-3-4-7-18-33-22-16-12-20(13-17-22)26-25-27(31)23-8-5-6-9-24(23)34-28(25)29(32)30(26)21-14-10-19(2)11-15-21/h5-6,8-17,26H,3-4,7,18H2,1-2H3. The van der Waals surface area contributed by atoms with Gasteiger partial charge >= 0.3 is 0 Å². The third-order valence-corrected chi connectivity index (χ3v) is 6.30. The summed E-state index contributed by atoms with van der Waals surface area (Å²) in [5.74, 6) is 0.567. The molecule has 1 unspecified atom stereocenters. The number of hydrogen-bond donors (Lipinski definition) is 0. The number of aryl methyl sites for hydroxylation is 1.